The topological polar surface area (TPSA) is 54.6 Å². The molecule has 0 aromatic carbocycles. The van der Waals surface area contributed by atoms with Crippen LogP contribution in [0.2, 0.25) is 0 Å². The molecule has 4 nitrogen and oxygen atoms in total. The molecule has 2 rings (SSSR count). The van der Waals surface area contributed by atoms with Crippen LogP contribution in [-0.4, -0.2) is 24.9 Å². The molecule has 0 aliphatic heterocycles. The first-order valence-corrected chi connectivity index (χ1v) is 6.75. The first-order valence-electron chi connectivity index (χ1n) is 6.75. The lowest BCUT2D eigenvalue weighted by atomic mass is 10.0. The van der Waals surface area contributed by atoms with Crippen LogP contribution in [0.25, 0.3) is 0 Å². The molecule has 0 radical (unpaired) electrons. The Hall–Kier alpha value is -0.840. The third-order valence-electron chi connectivity index (χ3n) is 3.60. The third-order valence-corrected chi connectivity index (χ3v) is 3.60. The molecule has 1 aromatic heterocycles. The van der Waals surface area contributed by atoms with Gasteiger partial charge in [-0.2, -0.15) is 0 Å². The summed E-state index contributed by atoms with van der Waals surface area (Å²) >= 11 is 0. The van der Waals surface area contributed by atoms with Crippen molar-refractivity contribution in [1.82, 2.24) is 5.32 Å². The number of furan rings is 1. The molecular weight excluding hydrogens is 230 g/mol. The molecule has 1 aliphatic carbocycles. The normalized spacial score (nSPS) is 18.3. The van der Waals surface area contributed by atoms with Crippen LogP contribution in [-0.2, 0) is 17.9 Å². The number of nitrogens with one attached hydrogen (secondary N) is 1. The molecule has 1 fully saturated rings. The van der Waals surface area contributed by atoms with E-state index in [1.54, 1.807) is 7.11 Å². The van der Waals surface area contributed by atoms with Crippen molar-refractivity contribution in [1.29, 1.82) is 0 Å². The Morgan fingerprint density at radius 2 is 2.11 bits per heavy atom. The van der Waals surface area contributed by atoms with Crippen molar-refractivity contribution < 1.29 is 14.3 Å². The number of hydrogen-bond acceptors (Lipinski definition) is 4. The molecule has 102 valence electrons. The van der Waals surface area contributed by atoms with E-state index >= 15 is 0 Å². The number of ether oxygens (including phenoxy) is 1. The molecule has 1 unspecified atom stereocenters. The van der Waals surface area contributed by atoms with Gasteiger partial charge in [0.2, 0.25) is 0 Å². The van der Waals surface area contributed by atoms with Crippen molar-refractivity contribution >= 4 is 0 Å². The molecule has 1 atom stereocenters. The van der Waals surface area contributed by atoms with Crippen LogP contribution in [0.5, 0.6) is 0 Å². The maximum atomic E-state index is 10.0. The Labute approximate surface area is 108 Å². The Bertz CT molecular complexity index is 345. The number of hydrogen-bond donors (Lipinski definition) is 2. The maximum absolute atomic E-state index is 10.0. The summed E-state index contributed by atoms with van der Waals surface area (Å²) in [4.78, 5) is 0. The first kappa shape index (κ1) is 13.6. The van der Waals surface area contributed by atoms with Gasteiger partial charge in [-0.3, -0.25) is 0 Å². The standard InChI is InChI=1S/C14H23NO3/c1-17-10-13-7-6-12(18-13)8-15-9-14(16)11-4-2-3-5-11/h6-7,11,14-16H,2-5,8-10H2,1H3. The zero-order valence-electron chi connectivity index (χ0n) is 11.0. The van der Waals surface area contributed by atoms with Crippen molar-refractivity contribution in [3.8, 4) is 0 Å². The highest BCUT2D eigenvalue weighted by Crippen LogP contribution is 2.27. The van der Waals surface area contributed by atoms with Gasteiger partial charge >= 0.3 is 0 Å². The Kier molecular flexibility index (Phi) is 5.23. The highest BCUT2D eigenvalue weighted by atomic mass is 16.5. The van der Waals surface area contributed by atoms with Gasteiger partial charge in [-0.15, -0.1) is 0 Å². The van der Waals surface area contributed by atoms with E-state index in [9.17, 15) is 5.11 Å². The van der Waals surface area contributed by atoms with Crippen LogP contribution in [0.1, 0.15) is 37.2 Å². The molecule has 1 saturated carbocycles. The van der Waals surface area contributed by atoms with Crippen molar-refractivity contribution in [2.45, 2.75) is 44.9 Å². The van der Waals surface area contributed by atoms with E-state index in [0.717, 1.165) is 11.5 Å². The molecular formula is C14H23NO3. The molecule has 4 heteroatoms. The average molecular weight is 253 g/mol. The molecule has 2 N–H and O–H groups in total. The van der Waals surface area contributed by atoms with E-state index in [1.807, 2.05) is 12.1 Å². The van der Waals surface area contributed by atoms with Gasteiger partial charge in [0.05, 0.1) is 12.6 Å². The van der Waals surface area contributed by atoms with Crippen molar-refractivity contribution in [2.75, 3.05) is 13.7 Å². The minimum Gasteiger partial charge on any atom is -0.462 e. The Morgan fingerprint density at radius 3 is 2.83 bits per heavy atom. The number of rotatable bonds is 7. The smallest absolute Gasteiger partial charge is 0.129 e. The third kappa shape index (κ3) is 3.83. The lowest BCUT2D eigenvalue weighted by Crippen LogP contribution is -2.31. The van der Waals surface area contributed by atoms with Crippen molar-refractivity contribution in [3.63, 3.8) is 0 Å². The van der Waals surface area contributed by atoms with Gasteiger partial charge in [0.25, 0.3) is 0 Å². The molecule has 1 aliphatic rings. The molecule has 0 spiro atoms. The summed E-state index contributed by atoms with van der Waals surface area (Å²) in [7, 11) is 1.65. The Morgan fingerprint density at radius 1 is 1.39 bits per heavy atom. The van der Waals surface area contributed by atoms with Gasteiger partial charge in [0.1, 0.15) is 18.1 Å². The quantitative estimate of drug-likeness (QED) is 0.781. The van der Waals surface area contributed by atoms with Crippen LogP contribution in [0.4, 0.5) is 0 Å². The molecule has 0 amide bonds. The van der Waals surface area contributed by atoms with Crippen LogP contribution in [0.3, 0.4) is 0 Å². The molecule has 0 saturated heterocycles. The minimum atomic E-state index is -0.221. The van der Waals surface area contributed by atoms with Crippen LogP contribution >= 0.6 is 0 Å². The number of aliphatic hydroxyl groups is 1. The van der Waals surface area contributed by atoms with E-state index in [1.165, 1.54) is 25.7 Å². The van der Waals surface area contributed by atoms with Crippen LogP contribution in [0.15, 0.2) is 16.5 Å². The SMILES string of the molecule is COCc1ccc(CNCC(O)C2CCCC2)o1. The number of methoxy groups -OCH3 is 1. The minimum absolute atomic E-state index is 0.221. The van der Waals surface area contributed by atoms with Crippen molar-refractivity contribution in [3.05, 3.63) is 23.7 Å². The summed E-state index contributed by atoms with van der Waals surface area (Å²) < 4.78 is 10.6. The Balaban J connectivity index is 1.67. The monoisotopic (exact) mass is 253 g/mol. The van der Waals surface area contributed by atoms with Gasteiger partial charge in [-0.25, -0.2) is 0 Å². The van der Waals surface area contributed by atoms with Gasteiger partial charge < -0.3 is 19.6 Å². The van der Waals surface area contributed by atoms with Crippen LogP contribution < -0.4 is 5.32 Å². The predicted molar refractivity (Wildman–Crippen MR) is 69.1 cm³/mol. The lowest BCUT2D eigenvalue weighted by molar-refractivity contribution is 0.108. The molecule has 1 heterocycles. The average Bonchev–Trinajstić information content (AvgIpc) is 3.00. The summed E-state index contributed by atoms with van der Waals surface area (Å²) in [5, 5.41) is 13.3. The summed E-state index contributed by atoms with van der Waals surface area (Å²) in [6.45, 7) is 1.81. The van der Waals surface area contributed by atoms with E-state index in [2.05, 4.69) is 5.32 Å². The highest BCUT2D eigenvalue weighted by molar-refractivity contribution is 5.06. The molecule has 1 aromatic rings. The number of aliphatic hydroxyl groups excluding tert-OH is 1. The van der Waals surface area contributed by atoms with E-state index < -0.39 is 0 Å². The lowest BCUT2D eigenvalue weighted by Gasteiger charge is -2.17. The zero-order chi connectivity index (χ0) is 12.8. The maximum Gasteiger partial charge on any atom is 0.129 e. The fourth-order valence-electron chi connectivity index (χ4n) is 2.59. The predicted octanol–water partition coefficient (Wildman–Crippen LogP) is 2.07. The second-order valence-corrected chi connectivity index (χ2v) is 5.04. The fraction of sp³-hybridized carbons (Fsp3) is 0.714. The van der Waals surface area contributed by atoms with E-state index in [4.69, 9.17) is 9.15 Å². The summed E-state index contributed by atoms with van der Waals surface area (Å²) in [5.74, 6) is 2.21. The summed E-state index contributed by atoms with van der Waals surface area (Å²) in [6.07, 6.45) is 4.64. The summed E-state index contributed by atoms with van der Waals surface area (Å²) in [5.41, 5.74) is 0. The second kappa shape index (κ2) is 6.92. The zero-order valence-corrected chi connectivity index (χ0v) is 11.0. The first-order chi connectivity index (χ1) is 8.79. The van der Waals surface area contributed by atoms with E-state index in [-0.39, 0.29) is 6.10 Å². The van der Waals surface area contributed by atoms with Gasteiger partial charge in [0.15, 0.2) is 0 Å². The van der Waals surface area contributed by atoms with E-state index in [0.29, 0.717) is 25.6 Å². The van der Waals surface area contributed by atoms with Gasteiger partial charge in [-0.05, 0) is 30.9 Å². The van der Waals surface area contributed by atoms with Gasteiger partial charge in [-0.1, -0.05) is 12.8 Å². The molecule has 0 bridgehead atoms. The summed E-state index contributed by atoms with van der Waals surface area (Å²) in [6, 6.07) is 3.87. The largest absolute Gasteiger partial charge is 0.462 e. The molecule has 18 heavy (non-hydrogen) atoms. The fourth-order valence-corrected chi connectivity index (χ4v) is 2.59. The highest BCUT2D eigenvalue weighted by Gasteiger charge is 2.22. The van der Waals surface area contributed by atoms with Crippen molar-refractivity contribution in [2.24, 2.45) is 5.92 Å². The van der Waals surface area contributed by atoms with Crippen LogP contribution in [0, 0.1) is 5.92 Å². The van der Waals surface area contributed by atoms with Gasteiger partial charge in [0, 0.05) is 13.7 Å². The second-order valence-electron chi connectivity index (χ2n) is 5.04.